The van der Waals surface area contributed by atoms with E-state index in [4.69, 9.17) is 0 Å². The molecular formula is C11H17F3N2O. The average molecular weight is 250 g/mol. The fourth-order valence-corrected chi connectivity index (χ4v) is 1.76. The number of hydrogen-bond acceptors (Lipinski definition) is 2. The summed E-state index contributed by atoms with van der Waals surface area (Å²) < 4.78 is 36.9. The van der Waals surface area contributed by atoms with Crippen molar-refractivity contribution in [2.75, 3.05) is 26.2 Å². The second-order valence-corrected chi connectivity index (χ2v) is 4.33. The fraction of sp³-hybridized carbons (Fsp3) is 0.727. The molecule has 1 amide bonds. The largest absolute Gasteiger partial charge is 0.406 e. The van der Waals surface area contributed by atoms with Crippen LogP contribution in [0.5, 0.6) is 0 Å². The highest BCUT2D eigenvalue weighted by Gasteiger charge is 2.36. The molecule has 1 unspecified atom stereocenters. The molecular weight excluding hydrogens is 233 g/mol. The molecule has 1 aliphatic heterocycles. The van der Waals surface area contributed by atoms with Crippen molar-refractivity contribution in [3.05, 3.63) is 12.7 Å². The maximum atomic E-state index is 12.3. The number of carbonyl (C=O) groups excluding carboxylic acids is 1. The molecule has 0 radical (unpaired) electrons. The van der Waals surface area contributed by atoms with E-state index in [-0.39, 0.29) is 18.4 Å². The van der Waals surface area contributed by atoms with E-state index in [1.807, 2.05) is 0 Å². The van der Waals surface area contributed by atoms with Crippen molar-refractivity contribution in [3.8, 4) is 0 Å². The smallest absolute Gasteiger partial charge is 0.330 e. The van der Waals surface area contributed by atoms with E-state index in [0.29, 0.717) is 13.1 Å². The minimum absolute atomic E-state index is 0.0666. The summed E-state index contributed by atoms with van der Waals surface area (Å²) in [7, 11) is 0. The van der Waals surface area contributed by atoms with Gasteiger partial charge in [-0.05, 0) is 19.0 Å². The lowest BCUT2D eigenvalue weighted by molar-refractivity contribution is -0.163. The predicted octanol–water partition coefficient (Wildman–Crippen LogP) is 1.42. The maximum absolute atomic E-state index is 12.3. The molecule has 6 heteroatoms. The average Bonchev–Trinajstić information content (AvgIpc) is 2.11. The number of amides is 1. The molecule has 3 nitrogen and oxygen atoms in total. The molecule has 1 saturated heterocycles. The van der Waals surface area contributed by atoms with Crippen molar-refractivity contribution < 1.29 is 18.0 Å². The Hall–Kier alpha value is -1.04. The van der Waals surface area contributed by atoms with E-state index in [9.17, 15) is 18.0 Å². The van der Waals surface area contributed by atoms with Gasteiger partial charge in [-0.1, -0.05) is 13.0 Å². The first-order valence-corrected chi connectivity index (χ1v) is 5.52. The first-order chi connectivity index (χ1) is 7.85. The van der Waals surface area contributed by atoms with Crippen LogP contribution in [-0.4, -0.2) is 43.2 Å². The van der Waals surface area contributed by atoms with Gasteiger partial charge in [0.25, 0.3) is 0 Å². The number of rotatable bonds is 5. The Morgan fingerprint density at radius 1 is 1.59 bits per heavy atom. The molecule has 1 atom stereocenters. The third kappa shape index (κ3) is 4.03. The lowest BCUT2D eigenvalue weighted by Crippen LogP contribution is -2.51. The van der Waals surface area contributed by atoms with Gasteiger partial charge in [-0.15, -0.1) is 6.58 Å². The first kappa shape index (κ1) is 14.0. The minimum Gasteiger partial charge on any atom is -0.330 e. The van der Waals surface area contributed by atoms with Gasteiger partial charge >= 0.3 is 6.18 Å². The number of hydrogen-bond donors (Lipinski definition) is 1. The van der Waals surface area contributed by atoms with E-state index in [0.717, 1.165) is 4.90 Å². The SMILES string of the molecule is C=CCN(CC(F)(F)F)C(=O)C(C)C1CNC1. The zero-order valence-corrected chi connectivity index (χ0v) is 9.76. The lowest BCUT2D eigenvalue weighted by Gasteiger charge is -2.35. The minimum atomic E-state index is -4.36. The molecule has 0 spiro atoms. The van der Waals surface area contributed by atoms with Crippen molar-refractivity contribution in [1.82, 2.24) is 10.2 Å². The zero-order valence-electron chi connectivity index (χ0n) is 9.76. The molecule has 98 valence electrons. The highest BCUT2D eigenvalue weighted by atomic mass is 19.4. The van der Waals surface area contributed by atoms with E-state index < -0.39 is 18.6 Å². The van der Waals surface area contributed by atoms with Crippen LogP contribution in [0.15, 0.2) is 12.7 Å². The standard InChI is InChI=1S/C11H17F3N2O/c1-3-4-16(7-11(12,13)14)10(17)8(2)9-5-15-6-9/h3,8-9,15H,1,4-7H2,2H3. The van der Waals surface area contributed by atoms with Crippen LogP contribution in [0.1, 0.15) is 6.92 Å². The molecule has 17 heavy (non-hydrogen) atoms. The van der Waals surface area contributed by atoms with Crippen LogP contribution < -0.4 is 5.32 Å². The molecule has 0 aromatic rings. The topological polar surface area (TPSA) is 32.3 Å². The Bertz CT molecular complexity index is 287. The molecule has 0 aromatic carbocycles. The molecule has 1 fully saturated rings. The van der Waals surface area contributed by atoms with Gasteiger partial charge in [0, 0.05) is 12.5 Å². The normalized spacial score (nSPS) is 18.4. The van der Waals surface area contributed by atoms with Gasteiger partial charge in [-0.3, -0.25) is 4.79 Å². The fourth-order valence-electron chi connectivity index (χ4n) is 1.76. The molecule has 1 N–H and O–H groups in total. The summed E-state index contributed by atoms with van der Waals surface area (Å²) >= 11 is 0. The number of halogens is 3. The lowest BCUT2D eigenvalue weighted by atomic mass is 9.88. The molecule has 0 saturated carbocycles. The Balaban J connectivity index is 2.61. The highest BCUT2D eigenvalue weighted by Crippen LogP contribution is 2.22. The number of carbonyl (C=O) groups is 1. The molecule has 1 rings (SSSR count). The highest BCUT2D eigenvalue weighted by molar-refractivity contribution is 5.79. The van der Waals surface area contributed by atoms with E-state index in [1.165, 1.54) is 6.08 Å². The molecule has 0 bridgehead atoms. The van der Waals surface area contributed by atoms with Crippen LogP contribution in [0.25, 0.3) is 0 Å². The Morgan fingerprint density at radius 3 is 2.53 bits per heavy atom. The third-order valence-corrected chi connectivity index (χ3v) is 2.94. The third-order valence-electron chi connectivity index (χ3n) is 2.94. The molecule has 1 heterocycles. The van der Waals surface area contributed by atoms with Gasteiger partial charge in [0.2, 0.25) is 5.91 Å². The summed E-state index contributed by atoms with van der Waals surface area (Å²) in [6, 6.07) is 0. The zero-order chi connectivity index (χ0) is 13.1. The Morgan fingerprint density at radius 2 is 2.18 bits per heavy atom. The van der Waals surface area contributed by atoms with E-state index in [1.54, 1.807) is 6.92 Å². The molecule has 1 aliphatic rings. The van der Waals surface area contributed by atoms with Crippen LogP contribution in [0, 0.1) is 11.8 Å². The van der Waals surface area contributed by atoms with E-state index >= 15 is 0 Å². The second-order valence-electron chi connectivity index (χ2n) is 4.33. The summed E-state index contributed by atoms with van der Waals surface area (Å²) in [5.74, 6) is -0.685. The van der Waals surface area contributed by atoms with Crippen molar-refractivity contribution in [1.29, 1.82) is 0 Å². The number of nitrogens with zero attached hydrogens (tertiary/aromatic N) is 1. The van der Waals surface area contributed by atoms with Gasteiger partial charge in [0.1, 0.15) is 6.54 Å². The summed E-state index contributed by atoms with van der Waals surface area (Å²) in [6.07, 6.45) is -3.05. The van der Waals surface area contributed by atoms with Crippen molar-refractivity contribution in [2.24, 2.45) is 11.8 Å². The quantitative estimate of drug-likeness (QED) is 0.748. The van der Waals surface area contributed by atoms with E-state index in [2.05, 4.69) is 11.9 Å². The molecule has 0 aliphatic carbocycles. The van der Waals surface area contributed by atoms with Crippen molar-refractivity contribution in [2.45, 2.75) is 13.1 Å². The monoisotopic (exact) mass is 250 g/mol. The number of alkyl halides is 3. The number of nitrogens with one attached hydrogen (secondary N) is 1. The summed E-state index contributed by atoms with van der Waals surface area (Å²) in [4.78, 5) is 12.7. The van der Waals surface area contributed by atoms with Crippen LogP contribution in [0.3, 0.4) is 0 Å². The maximum Gasteiger partial charge on any atom is 0.406 e. The summed E-state index contributed by atoms with van der Waals surface area (Å²) in [6.45, 7) is 5.18. The van der Waals surface area contributed by atoms with Crippen LogP contribution in [-0.2, 0) is 4.79 Å². The van der Waals surface area contributed by atoms with Crippen molar-refractivity contribution >= 4 is 5.91 Å². The Kier molecular flexibility index (Phi) is 4.56. The van der Waals surface area contributed by atoms with Crippen LogP contribution >= 0.6 is 0 Å². The summed E-state index contributed by atoms with van der Waals surface area (Å²) in [5.41, 5.74) is 0. The second kappa shape index (κ2) is 5.53. The van der Waals surface area contributed by atoms with Gasteiger partial charge in [-0.2, -0.15) is 13.2 Å². The van der Waals surface area contributed by atoms with Crippen molar-refractivity contribution in [3.63, 3.8) is 0 Å². The molecule has 0 aromatic heterocycles. The van der Waals surface area contributed by atoms with Gasteiger partial charge in [0.15, 0.2) is 0 Å². The van der Waals surface area contributed by atoms with Gasteiger partial charge in [0.05, 0.1) is 0 Å². The van der Waals surface area contributed by atoms with Gasteiger partial charge in [-0.25, -0.2) is 0 Å². The van der Waals surface area contributed by atoms with Crippen LogP contribution in [0.2, 0.25) is 0 Å². The van der Waals surface area contributed by atoms with Crippen LogP contribution in [0.4, 0.5) is 13.2 Å². The Labute approximate surface area is 98.7 Å². The summed E-state index contributed by atoms with van der Waals surface area (Å²) in [5, 5.41) is 3.00. The first-order valence-electron chi connectivity index (χ1n) is 5.52. The predicted molar refractivity (Wildman–Crippen MR) is 58.4 cm³/mol. The van der Waals surface area contributed by atoms with Gasteiger partial charge < -0.3 is 10.2 Å².